The summed E-state index contributed by atoms with van der Waals surface area (Å²) in [7, 11) is 1.39. The van der Waals surface area contributed by atoms with Gasteiger partial charge in [0.1, 0.15) is 11.1 Å². The molecular weight excluding hydrogens is 258 g/mol. The first-order valence-electron chi connectivity index (χ1n) is 7.58. The summed E-state index contributed by atoms with van der Waals surface area (Å²) in [6, 6.07) is 3.26. The zero-order valence-electron chi connectivity index (χ0n) is 14.9. The Balaban J connectivity index is 2.47. The van der Waals surface area contributed by atoms with Gasteiger partial charge in [0.2, 0.25) is 0 Å². The Morgan fingerprint density at radius 3 is 2.80 bits per heavy atom. The molecule has 1 aromatic heterocycles. The van der Waals surface area contributed by atoms with Crippen molar-refractivity contribution in [1.82, 2.24) is 9.78 Å². The van der Waals surface area contributed by atoms with Crippen molar-refractivity contribution >= 4 is 22.7 Å². The highest BCUT2D eigenvalue weighted by atomic mass is 16.6. The Morgan fingerprint density at radius 2 is 2.20 bits per heavy atom. The van der Waals surface area contributed by atoms with Crippen molar-refractivity contribution in [3.05, 3.63) is 18.3 Å². The monoisotopic (exact) mass is 280 g/mol. The number of fused-ring (bicyclic) bond motifs is 1. The van der Waals surface area contributed by atoms with Crippen molar-refractivity contribution in [3.63, 3.8) is 0 Å². The van der Waals surface area contributed by atoms with Crippen LogP contribution in [0.4, 0.5) is 10.5 Å². The van der Waals surface area contributed by atoms with E-state index in [1.165, 1.54) is 13.3 Å². The molecule has 108 valence electrons. The zero-order chi connectivity index (χ0) is 17.4. The fraction of sp³-hybridized carbons (Fsp3) is 0.429. The third-order valence-electron chi connectivity index (χ3n) is 2.53. The van der Waals surface area contributed by atoms with Gasteiger partial charge < -0.3 is 9.47 Å². The van der Waals surface area contributed by atoms with E-state index in [1.807, 2.05) is 0 Å². The van der Waals surface area contributed by atoms with Gasteiger partial charge in [-0.1, -0.05) is 0 Å². The number of hydrogen-bond acceptors (Lipinski definition) is 4. The Kier molecular flexibility index (Phi) is 2.65. The number of carbonyl (C=O) groups excluding carboxylic acids is 1. The van der Waals surface area contributed by atoms with E-state index in [2.05, 4.69) is 10.4 Å². The third-order valence-corrected chi connectivity index (χ3v) is 2.53. The van der Waals surface area contributed by atoms with E-state index in [1.54, 1.807) is 32.9 Å². The van der Waals surface area contributed by atoms with E-state index >= 15 is 0 Å². The highest BCUT2D eigenvalue weighted by Crippen LogP contribution is 2.33. The second kappa shape index (κ2) is 5.03. The molecule has 0 bridgehead atoms. The highest BCUT2D eigenvalue weighted by molar-refractivity contribution is 5.95. The van der Waals surface area contributed by atoms with Crippen LogP contribution in [0.3, 0.4) is 0 Å². The van der Waals surface area contributed by atoms with Crippen molar-refractivity contribution in [3.8, 4) is 5.75 Å². The number of ether oxygens (including phenoxy) is 2. The normalized spacial score (nSPS) is 14.3. The van der Waals surface area contributed by atoms with Gasteiger partial charge in [0.25, 0.3) is 0 Å². The van der Waals surface area contributed by atoms with Crippen LogP contribution in [0.2, 0.25) is 0 Å². The Bertz CT molecular complexity index is 732. The summed E-state index contributed by atoms with van der Waals surface area (Å²) in [5.74, 6) is 0.210. The van der Waals surface area contributed by atoms with Gasteiger partial charge in [0.15, 0.2) is 5.75 Å². The van der Waals surface area contributed by atoms with Crippen LogP contribution in [0.1, 0.15) is 24.9 Å². The van der Waals surface area contributed by atoms with E-state index in [-0.39, 0.29) is 11.3 Å². The minimum atomic E-state index is -2.46. The first-order chi connectivity index (χ1) is 10.5. The summed E-state index contributed by atoms with van der Waals surface area (Å²) >= 11 is 0. The van der Waals surface area contributed by atoms with Gasteiger partial charge in [0.05, 0.1) is 19.0 Å². The maximum Gasteiger partial charge on any atom is 0.412 e. The molecule has 0 radical (unpaired) electrons. The second-order valence-electron chi connectivity index (χ2n) is 5.27. The molecule has 0 saturated carbocycles. The minimum absolute atomic E-state index is 0.210. The number of carbonyl (C=O) groups is 1. The highest BCUT2D eigenvalue weighted by Gasteiger charge is 2.19. The van der Waals surface area contributed by atoms with Crippen molar-refractivity contribution in [2.75, 3.05) is 12.4 Å². The van der Waals surface area contributed by atoms with Gasteiger partial charge in [-0.3, -0.25) is 10.00 Å². The van der Waals surface area contributed by atoms with Crippen molar-refractivity contribution in [2.24, 2.45) is 6.98 Å². The van der Waals surface area contributed by atoms with Crippen LogP contribution in [-0.2, 0) is 11.7 Å². The molecule has 1 N–H and O–H groups in total. The summed E-state index contributed by atoms with van der Waals surface area (Å²) < 4.78 is 34.0. The number of aromatic nitrogens is 2. The molecule has 2 aromatic rings. The summed E-state index contributed by atoms with van der Waals surface area (Å²) in [5.41, 5.74) is -0.0664. The molecule has 0 atom stereocenters. The van der Waals surface area contributed by atoms with E-state index in [0.717, 1.165) is 4.68 Å². The number of nitrogens with one attached hydrogen (secondary N) is 1. The smallest absolute Gasteiger partial charge is 0.412 e. The zero-order valence-corrected chi connectivity index (χ0v) is 11.9. The lowest BCUT2D eigenvalue weighted by atomic mass is 10.2. The Labute approximate surface area is 121 Å². The van der Waals surface area contributed by atoms with Gasteiger partial charge in [-0.25, -0.2) is 4.79 Å². The molecule has 0 spiro atoms. The molecule has 1 heterocycles. The van der Waals surface area contributed by atoms with Crippen LogP contribution < -0.4 is 10.1 Å². The van der Waals surface area contributed by atoms with Crippen LogP contribution in [0.25, 0.3) is 10.9 Å². The van der Waals surface area contributed by atoms with E-state index in [9.17, 15) is 4.79 Å². The average molecular weight is 280 g/mol. The number of amides is 1. The van der Waals surface area contributed by atoms with Crippen LogP contribution in [0.5, 0.6) is 5.75 Å². The maximum atomic E-state index is 11.9. The number of nitrogens with zero attached hydrogens (tertiary/aromatic N) is 2. The van der Waals surface area contributed by atoms with E-state index < -0.39 is 18.7 Å². The molecule has 0 fully saturated rings. The average Bonchev–Trinajstić information content (AvgIpc) is 2.79. The Morgan fingerprint density at radius 1 is 1.45 bits per heavy atom. The first-order valence-corrected chi connectivity index (χ1v) is 6.08. The fourth-order valence-corrected chi connectivity index (χ4v) is 1.81. The topological polar surface area (TPSA) is 65.4 Å². The predicted octanol–water partition coefficient (Wildman–Crippen LogP) is 2.93. The van der Waals surface area contributed by atoms with Gasteiger partial charge >= 0.3 is 6.09 Å². The molecular formula is C14H19N3O3. The number of rotatable bonds is 2. The van der Waals surface area contributed by atoms with Gasteiger partial charge in [0, 0.05) is 16.5 Å². The summed E-state index contributed by atoms with van der Waals surface area (Å²) in [6.07, 6.45) is 0.775. The molecule has 2 rings (SSSR count). The summed E-state index contributed by atoms with van der Waals surface area (Å²) in [4.78, 5) is 11.9. The van der Waals surface area contributed by atoms with Crippen LogP contribution in [-0.4, -0.2) is 28.6 Å². The number of anilines is 1. The molecule has 1 amide bonds. The van der Waals surface area contributed by atoms with Gasteiger partial charge in [-0.15, -0.1) is 0 Å². The molecule has 20 heavy (non-hydrogen) atoms. The minimum Gasteiger partial charge on any atom is -0.492 e. The van der Waals surface area contributed by atoms with Crippen molar-refractivity contribution in [2.45, 2.75) is 26.4 Å². The molecule has 0 aliphatic carbocycles. The first kappa shape index (κ1) is 10.5. The standard InChI is InChI=1S/C14H19N3O3/c1-14(2,3)20-13(18)16-10-7-6-9-8-15-17(4)11(9)12(10)19-5/h6-8H,1-5H3,(H,16,18)/i4D3. The largest absolute Gasteiger partial charge is 0.492 e. The van der Waals surface area contributed by atoms with Crippen LogP contribution in [0.15, 0.2) is 18.3 Å². The van der Waals surface area contributed by atoms with Gasteiger partial charge in [-0.05, 0) is 32.9 Å². The number of aryl methyl sites for hydroxylation is 1. The third kappa shape index (κ3) is 2.84. The number of methoxy groups -OCH3 is 1. The molecule has 6 heteroatoms. The molecule has 0 aliphatic heterocycles. The molecule has 6 nitrogen and oxygen atoms in total. The van der Waals surface area contributed by atoms with Gasteiger partial charge in [-0.2, -0.15) is 5.10 Å². The second-order valence-corrected chi connectivity index (χ2v) is 5.27. The molecule has 0 saturated heterocycles. The summed E-state index contributed by atoms with van der Waals surface area (Å²) in [6.45, 7) is 2.78. The van der Waals surface area contributed by atoms with E-state index in [0.29, 0.717) is 11.1 Å². The van der Waals surface area contributed by atoms with Crippen molar-refractivity contribution < 1.29 is 18.4 Å². The fourth-order valence-electron chi connectivity index (χ4n) is 1.81. The lowest BCUT2D eigenvalue weighted by molar-refractivity contribution is 0.0635. The predicted molar refractivity (Wildman–Crippen MR) is 77.1 cm³/mol. The quantitative estimate of drug-likeness (QED) is 0.918. The van der Waals surface area contributed by atoms with E-state index in [4.69, 9.17) is 13.6 Å². The lowest BCUT2D eigenvalue weighted by Crippen LogP contribution is -2.27. The molecule has 0 unspecified atom stereocenters. The van der Waals surface area contributed by atoms with Crippen molar-refractivity contribution in [1.29, 1.82) is 0 Å². The lowest BCUT2D eigenvalue weighted by Gasteiger charge is -2.20. The van der Waals surface area contributed by atoms with Crippen LogP contribution >= 0.6 is 0 Å². The maximum absolute atomic E-state index is 11.9. The summed E-state index contributed by atoms with van der Waals surface area (Å²) in [5, 5.41) is 7.04. The SMILES string of the molecule is [2H]C([2H])([2H])n1ncc2ccc(NC(=O)OC(C)(C)C)c(OC)c21. The van der Waals surface area contributed by atoms with Crippen LogP contribution in [0, 0.1) is 0 Å². The Hall–Kier alpha value is -2.24. The molecule has 1 aromatic carbocycles. The number of benzene rings is 1. The molecule has 0 aliphatic rings. The number of hydrogen-bond donors (Lipinski definition) is 1.